The third-order valence-electron chi connectivity index (χ3n) is 5.49. The molecule has 0 aromatic heterocycles. The number of benzene rings is 1. The molecule has 2 aliphatic heterocycles. The molecule has 2 heterocycles. The van der Waals surface area contributed by atoms with E-state index >= 15 is 0 Å². The van der Waals surface area contributed by atoms with Gasteiger partial charge in [-0.1, -0.05) is 12.1 Å². The number of hydrogen-bond acceptors (Lipinski definition) is 4. The first-order valence-electron chi connectivity index (χ1n) is 10.1. The van der Waals surface area contributed by atoms with Crippen LogP contribution in [0.15, 0.2) is 29.3 Å². The molecule has 3 rings (SSSR count). The molecule has 2 atom stereocenters. The summed E-state index contributed by atoms with van der Waals surface area (Å²) in [6.45, 7) is 8.36. The molecule has 2 fully saturated rings. The van der Waals surface area contributed by atoms with E-state index in [-0.39, 0.29) is 47.6 Å². The van der Waals surface area contributed by atoms with Gasteiger partial charge in [-0.05, 0) is 31.5 Å². The number of morpholine rings is 1. The predicted octanol–water partition coefficient (Wildman–Crippen LogP) is 3.37. The summed E-state index contributed by atoms with van der Waals surface area (Å²) in [5.41, 5.74) is 0.722. The second-order valence-corrected chi connectivity index (χ2v) is 7.56. The number of nitrogens with zero attached hydrogens (tertiary/aromatic N) is 2. The van der Waals surface area contributed by atoms with Crippen LogP contribution in [0, 0.1) is 5.82 Å². The lowest BCUT2D eigenvalue weighted by Gasteiger charge is -2.39. The van der Waals surface area contributed by atoms with Gasteiger partial charge in [-0.3, -0.25) is 4.99 Å². The lowest BCUT2D eigenvalue weighted by Crippen LogP contribution is -2.51. The Kier molecular flexibility index (Phi) is 9.58. The largest absolute Gasteiger partial charge is 0.381 e. The molecule has 0 bridgehead atoms. The minimum absolute atomic E-state index is 0. The minimum Gasteiger partial charge on any atom is -0.381 e. The molecule has 2 unspecified atom stereocenters. The molecule has 29 heavy (non-hydrogen) atoms. The van der Waals surface area contributed by atoms with Crippen LogP contribution in [-0.2, 0) is 14.2 Å². The van der Waals surface area contributed by atoms with Crippen molar-refractivity contribution in [3.05, 3.63) is 35.6 Å². The van der Waals surface area contributed by atoms with Crippen molar-refractivity contribution in [1.82, 2.24) is 10.2 Å². The summed E-state index contributed by atoms with van der Waals surface area (Å²) in [5.74, 6) is 0.633. The predicted molar refractivity (Wildman–Crippen MR) is 122 cm³/mol. The summed E-state index contributed by atoms with van der Waals surface area (Å²) in [6, 6.07) is 6.55. The standard InChI is InChI=1S/C21H32FN3O3.HI/c1-4-23-20(24-15-21(26-3)9-11-27-12-10-21)25-13-16(2)28-19(14-25)17-5-7-18(22)8-6-17;/h5-8,16,19H,4,9-15H2,1-3H3,(H,23,24);1H. The normalized spacial score (nSPS) is 24.7. The average Bonchev–Trinajstić information content (AvgIpc) is 2.72. The fourth-order valence-electron chi connectivity index (χ4n) is 3.80. The molecular weight excluding hydrogens is 488 g/mol. The molecule has 8 heteroatoms. The fourth-order valence-corrected chi connectivity index (χ4v) is 3.80. The van der Waals surface area contributed by atoms with Crippen LogP contribution >= 0.6 is 24.0 Å². The molecule has 0 saturated carbocycles. The van der Waals surface area contributed by atoms with Gasteiger partial charge in [-0.25, -0.2) is 4.39 Å². The molecule has 1 N–H and O–H groups in total. The zero-order chi connectivity index (χ0) is 20.0. The van der Waals surface area contributed by atoms with E-state index in [1.807, 2.05) is 0 Å². The minimum atomic E-state index is -0.257. The third kappa shape index (κ3) is 6.50. The van der Waals surface area contributed by atoms with E-state index in [9.17, 15) is 4.39 Å². The maximum absolute atomic E-state index is 13.3. The van der Waals surface area contributed by atoms with Gasteiger partial charge >= 0.3 is 0 Å². The summed E-state index contributed by atoms with van der Waals surface area (Å²) in [6.07, 6.45) is 1.63. The maximum atomic E-state index is 13.3. The third-order valence-corrected chi connectivity index (χ3v) is 5.49. The number of nitrogens with one attached hydrogen (secondary N) is 1. The van der Waals surface area contributed by atoms with Gasteiger partial charge in [0.2, 0.25) is 0 Å². The van der Waals surface area contributed by atoms with Crippen LogP contribution < -0.4 is 5.32 Å². The Morgan fingerprint density at radius 3 is 2.59 bits per heavy atom. The monoisotopic (exact) mass is 521 g/mol. The zero-order valence-corrected chi connectivity index (χ0v) is 19.9. The second kappa shape index (κ2) is 11.4. The molecular formula is C21H33FIN3O3. The molecule has 164 valence electrons. The van der Waals surface area contributed by atoms with E-state index in [1.165, 1.54) is 12.1 Å². The van der Waals surface area contributed by atoms with Crippen LogP contribution in [0.4, 0.5) is 4.39 Å². The number of guanidine groups is 1. The number of hydrogen-bond donors (Lipinski definition) is 1. The first-order chi connectivity index (χ1) is 13.5. The molecule has 6 nitrogen and oxygen atoms in total. The summed E-state index contributed by atoms with van der Waals surface area (Å²) >= 11 is 0. The molecule has 1 aromatic carbocycles. The fraction of sp³-hybridized carbons (Fsp3) is 0.667. The Labute approximate surface area is 190 Å². The number of ether oxygens (including phenoxy) is 3. The summed E-state index contributed by atoms with van der Waals surface area (Å²) in [7, 11) is 1.76. The van der Waals surface area contributed by atoms with Crippen molar-refractivity contribution in [2.75, 3.05) is 46.5 Å². The van der Waals surface area contributed by atoms with Gasteiger partial charge in [0.25, 0.3) is 0 Å². The first kappa shape index (κ1) is 24.3. The molecule has 0 aliphatic carbocycles. The summed E-state index contributed by atoms with van der Waals surface area (Å²) in [4.78, 5) is 7.15. The van der Waals surface area contributed by atoms with Crippen LogP contribution in [0.2, 0.25) is 0 Å². The smallest absolute Gasteiger partial charge is 0.194 e. The van der Waals surface area contributed by atoms with Gasteiger partial charge < -0.3 is 24.4 Å². The van der Waals surface area contributed by atoms with Gasteiger partial charge in [0, 0.05) is 46.3 Å². The highest BCUT2D eigenvalue weighted by molar-refractivity contribution is 14.0. The second-order valence-electron chi connectivity index (χ2n) is 7.56. The van der Waals surface area contributed by atoms with Crippen LogP contribution in [-0.4, -0.2) is 69.1 Å². The topological polar surface area (TPSA) is 55.3 Å². The van der Waals surface area contributed by atoms with Crippen molar-refractivity contribution in [3.63, 3.8) is 0 Å². The maximum Gasteiger partial charge on any atom is 0.194 e. The van der Waals surface area contributed by atoms with E-state index in [0.29, 0.717) is 26.3 Å². The quantitative estimate of drug-likeness (QED) is 0.366. The highest BCUT2D eigenvalue weighted by Crippen LogP contribution is 2.27. The van der Waals surface area contributed by atoms with Crippen molar-refractivity contribution >= 4 is 29.9 Å². The Balaban J connectivity index is 0.00000300. The van der Waals surface area contributed by atoms with Gasteiger partial charge in [0.1, 0.15) is 11.9 Å². The van der Waals surface area contributed by atoms with E-state index in [4.69, 9.17) is 19.2 Å². The van der Waals surface area contributed by atoms with Crippen molar-refractivity contribution in [2.24, 2.45) is 4.99 Å². The first-order valence-corrected chi connectivity index (χ1v) is 10.1. The lowest BCUT2D eigenvalue weighted by atomic mass is 9.94. The van der Waals surface area contributed by atoms with Crippen LogP contribution in [0.5, 0.6) is 0 Å². The number of rotatable bonds is 5. The number of halogens is 2. The van der Waals surface area contributed by atoms with Crippen LogP contribution in [0.3, 0.4) is 0 Å². The highest BCUT2D eigenvalue weighted by Gasteiger charge is 2.33. The van der Waals surface area contributed by atoms with Crippen LogP contribution in [0.25, 0.3) is 0 Å². The number of methoxy groups -OCH3 is 1. The van der Waals surface area contributed by atoms with Crippen molar-refractivity contribution in [2.45, 2.75) is 44.5 Å². The Bertz CT molecular complexity index is 653. The summed E-state index contributed by atoms with van der Waals surface area (Å²) < 4.78 is 30.7. The van der Waals surface area contributed by atoms with Gasteiger partial charge in [0.15, 0.2) is 5.96 Å². The van der Waals surface area contributed by atoms with E-state index < -0.39 is 0 Å². The van der Waals surface area contributed by atoms with Crippen molar-refractivity contribution < 1.29 is 18.6 Å². The van der Waals surface area contributed by atoms with Gasteiger partial charge in [-0.15, -0.1) is 24.0 Å². The van der Waals surface area contributed by atoms with Gasteiger partial charge in [-0.2, -0.15) is 0 Å². The van der Waals surface area contributed by atoms with E-state index in [2.05, 4.69) is 24.1 Å². The van der Waals surface area contributed by atoms with Crippen LogP contribution in [0.1, 0.15) is 38.4 Å². The molecule has 2 aliphatic rings. The van der Waals surface area contributed by atoms with E-state index in [1.54, 1.807) is 19.2 Å². The molecule has 0 amide bonds. The Morgan fingerprint density at radius 2 is 1.97 bits per heavy atom. The SMILES string of the molecule is CCNC(=NCC1(OC)CCOCC1)N1CC(C)OC(c2ccc(F)cc2)C1.I. The van der Waals surface area contributed by atoms with E-state index in [0.717, 1.165) is 37.5 Å². The average molecular weight is 521 g/mol. The van der Waals surface area contributed by atoms with Crippen molar-refractivity contribution in [3.8, 4) is 0 Å². The zero-order valence-electron chi connectivity index (χ0n) is 17.5. The summed E-state index contributed by atoms with van der Waals surface area (Å²) in [5, 5.41) is 3.41. The Morgan fingerprint density at radius 1 is 1.28 bits per heavy atom. The van der Waals surface area contributed by atoms with Crippen molar-refractivity contribution in [1.29, 1.82) is 0 Å². The molecule has 1 aromatic rings. The Hall–Kier alpha value is -0.970. The van der Waals surface area contributed by atoms with Gasteiger partial charge in [0.05, 0.1) is 24.8 Å². The highest BCUT2D eigenvalue weighted by atomic mass is 127. The lowest BCUT2D eigenvalue weighted by molar-refractivity contribution is -0.0833. The number of aliphatic imine (C=N–C) groups is 1. The molecule has 0 spiro atoms. The molecule has 0 radical (unpaired) electrons. The molecule has 2 saturated heterocycles.